The molecule has 0 aliphatic heterocycles. The van der Waals surface area contributed by atoms with E-state index in [9.17, 15) is 19.2 Å². The highest BCUT2D eigenvalue weighted by atomic mass is 32.1. The zero-order chi connectivity index (χ0) is 27.2. The Balaban J connectivity index is 4.83. The Hall–Kier alpha value is -2.27. The molecule has 0 bridgehead atoms. The largest absolute Gasteiger partial charge is 0.379 e. The number of Topliss-reactive ketones (excluding diaryl/α,β-unsaturated/α-hetero) is 2. The fourth-order valence-corrected chi connectivity index (χ4v) is 3.33. The van der Waals surface area contributed by atoms with Crippen LogP contribution in [0.1, 0.15) is 67.7 Å². The maximum Gasteiger partial charge on any atom is 0.312 e. The monoisotopic (exact) mass is 515 g/mol. The topological polar surface area (TPSA) is 152 Å². The molecule has 0 saturated heterocycles. The van der Waals surface area contributed by atoms with Crippen LogP contribution in [0.4, 0.5) is 4.79 Å². The summed E-state index contributed by atoms with van der Waals surface area (Å²) in [6.45, 7) is 14.3. The Morgan fingerprint density at radius 3 is 2.09 bits per heavy atom. The van der Waals surface area contributed by atoms with Gasteiger partial charge in [-0.3, -0.25) is 14.4 Å². The van der Waals surface area contributed by atoms with Crippen LogP contribution in [0.25, 0.3) is 0 Å². The number of nitrogens with two attached hydrogens (primary N) is 1. The van der Waals surface area contributed by atoms with Gasteiger partial charge >= 0.3 is 6.03 Å². The first-order valence-electron chi connectivity index (χ1n) is 12.2. The van der Waals surface area contributed by atoms with Gasteiger partial charge in [0.15, 0.2) is 10.9 Å². The molecule has 0 radical (unpaired) electrons. The lowest BCUT2D eigenvalue weighted by atomic mass is 9.84. The van der Waals surface area contributed by atoms with Crippen molar-refractivity contribution in [3.63, 3.8) is 0 Å². The summed E-state index contributed by atoms with van der Waals surface area (Å²) in [5.74, 6) is -0.375. The van der Waals surface area contributed by atoms with Crippen LogP contribution >= 0.6 is 12.2 Å². The number of urea groups is 1. The second kappa shape index (κ2) is 16.4. The Labute approximate surface area is 215 Å². The van der Waals surface area contributed by atoms with Gasteiger partial charge in [-0.1, -0.05) is 48.5 Å². The molecule has 11 heteroatoms. The number of nitrogens with one attached hydrogen (secondary N) is 4. The van der Waals surface area contributed by atoms with Crippen molar-refractivity contribution in [3.05, 3.63) is 0 Å². The number of ketones is 2. The minimum Gasteiger partial charge on any atom is -0.379 e. The molecule has 0 heterocycles. The van der Waals surface area contributed by atoms with Crippen LogP contribution in [0.15, 0.2) is 0 Å². The van der Waals surface area contributed by atoms with E-state index in [4.69, 9.17) is 22.7 Å². The number of ether oxygens (including phenoxy) is 1. The fraction of sp³-hybridized carbons (Fsp3) is 0.792. The normalized spacial score (nSPS) is 13.2. The fourth-order valence-electron chi connectivity index (χ4n) is 3.10. The van der Waals surface area contributed by atoms with Gasteiger partial charge in [-0.25, -0.2) is 4.79 Å². The van der Waals surface area contributed by atoms with E-state index < -0.39 is 23.5 Å². The number of carbonyl (C=O) groups excluding carboxylic acids is 4. The van der Waals surface area contributed by atoms with E-state index in [1.165, 1.54) is 0 Å². The molecule has 0 aromatic rings. The molecule has 0 aromatic heterocycles. The molecule has 0 fully saturated rings. The number of rotatable bonds is 16. The van der Waals surface area contributed by atoms with E-state index in [1.54, 1.807) is 20.8 Å². The number of hydrogen-bond donors (Lipinski definition) is 5. The molecule has 3 amide bonds. The van der Waals surface area contributed by atoms with Crippen molar-refractivity contribution in [3.8, 4) is 0 Å². The Morgan fingerprint density at radius 2 is 1.57 bits per heavy atom. The van der Waals surface area contributed by atoms with Crippen LogP contribution in [0.2, 0.25) is 0 Å². The van der Waals surface area contributed by atoms with Crippen molar-refractivity contribution in [2.24, 2.45) is 23.0 Å². The average molecular weight is 516 g/mol. The van der Waals surface area contributed by atoms with Gasteiger partial charge < -0.3 is 31.7 Å². The van der Waals surface area contributed by atoms with Gasteiger partial charge in [-0.15, -0.1) is 0 Å². The standard InChI is InChI=1S/C24H45N5O5S/c1-15(2)18(30)10-13-34-14-12-27-23(35)29-19(16(3)4)21(32)28-17(20(31)24(5,6)7)9-8-11-26-22(25)33/h15-17,19H,8-14H2,1-7H3,(H,28,32)(H3,25,26,33)(H2,27,29,35)/t17-,19-/m0/s1. The summed E-state index contributed by atoms with van der Waals surface area (Å²) in [5.41, 5.74) is 4.44. The average Bonchev–Trinajstić information content (AvgIpc) is 2.74. The van der Waals surface area contributed by atoms with Gasteiger partial charge in [0, 0.05) is 30.8 Å². The summed E-state index contributed by atoms with van der Waals surface area (Å²) in [7, 11) is 0. The molecule has 10 nitrogen and oxygen atoms in total. The molecule has 0 aliphatic rings. The van der Waals surface area contributed by atoms with Crippen molar-refractivity contribution in [2.45, 2.75) is 79.8 Å². The van der Waals surface area contributed by atoms with Crippen molar-refractivity contribution in [2.75, 3.05) is 26.3 Å². The smallest absolute Gasteiger partial charge is 0.312 e. The van der Waals surface area contributed by atoms with Crippen LogP contribution in [0.3, 0.4) is 0 Å². The summed E-state index contributed by atoms with van der Waals surface area (Å²) in [6.07, 6.45) is 1.23. The van der Waals surface area contributed by atoms with Crippen molar-refractivity contribution >= 4 is 40.8 Å². The van der Waals surface area contributed by atoms with Gasteiger partial charge in [0.2, 0.25) is 5.91 Å². The Morgan fingerprint density at radius 1 is 0.943 bits per heavy atom. The molecule has 6 N–H and O–H groups in total. The van der Waals surface area contributed by atoms with Crippen LogP contribution < -0.4 is 27.0 Å². The van der Waals surface area contributed by atoms with Crippen molar-refractivity contribution in [1.82, 2.24) is 21.3 Å². The second-order valence-corrected chi connectivity index (χ2v) is 10.6. The third kappa shape index (κ3) is 14.7. The third-order valence-electron chi connectivity index (χ3n) is 5.25. The number of thiocarbonyl (C=S) groups is 1. The molecular weight excluding hydrogens is 470 g/mol. The van der Waals surface area contributed by atoms with Gasteiger partial charge in [-0.2, -0.15) is 0 Å². The highest BCUT2D eigenvalue weighted by molar-refractivity contribution is 7.80. The predicted octanol–water partition coefficient (Wildman–Crippen LogP) is 1.66. The van der Waals surface area contributed by atoms with Crippen molar-refractivity contribution in [1.29, 1.82) is 0 Å². The first-order chi connectivity index (χ1) is 16.2. The summed E-state index contributed by atoms with van der Waals surface area (Å²) >= 11 is 5.33. The molecule has 0 saturated carbocycles. The maximum absolute atomic E-state index is 13.1. The molecule has 0 rings (SSSR count). The molecule has 0 spiro atoms. The highest BCUT2D eigenvalue weighted by Gasteiger charge is 2.33. The summed E-state index contributed by atoms with van der Waals surface area (Å²) in [5, 5.41) is 11.7. The van der Waals surface area contributed by atoms with E-state index in [1.807, 2.05) is 27.7 Å². The molecule has 2 atom stereocenters. The summed E-state index contributed by atoms with van der Waals surface area (Å²) in [6, 6.07) is -1.99. The summed E-state index contributed by atoms with van der Waals surface area (Å²) in [4.78, 5) is 48.5. The van der Waals surface area contributed by atoms with Crippen LogP contribution in [-0.4, -0.2) is 67.0 Å². The number of amides is 3. The zero-order valence-corrected chi connectivity index (χ0v) is 23.1. The van der Waals surface area contributed by atoms with Crippen LogP contribution in [0, 0.1) is 17.3 Å². The lowest BCUT2D eigenvalue weighted by molar-refractivity contribution is -0.133. The van der Waals surface area contributed by atoms with Crippen molar-refractivity contribution < 1.29 is 23.9 Å². The quantitative estimate of drug-likeness (QED) is 0.154. The maximum atomic E-state index is 13.1. The first kappa shape index (κ1) is 32.7. The van der Waals surface area contributed by atoms with E-state index in [-0.39, 0.29) is 29.3 Å². The number of hydrogen-bond acceptors (Lipinski definition) is 6. The first-order valence-corrected chi connectivity index (χ1v) is 12.6. The molecule has 202 valence electrons. The van der Waals surface area contributed by atoms with E-state index >= 15 is 0 Å². The Bertz CT molecular complexity index is 722. The van der Waals surface area contributed by atoms with Crippen LogP contribution in [0.5, 0.6) is 0 Å². The van der Waals surface area contributed by atoms with E-state index in [2.05, 4.69) is 21.3 Å². The van der Waals surface area contributed by atoms with E-state index in [0.717, 1.165) is 0 Å². The van der Waals surface area contributed by atoms with Gasteiger partial charge in [0.05, 0.1) is 19.3 Å². The second-order valence-electron chi connectivity index (χ2n) is 10.2. The van der Waals surface area contributed by atoms with E-state index in [0.29, 0.717) is 50.7 Å². The minimum atomic E-state index is -0.705. The van der Waals surface area contributed by atoms with Crippen LogP contribution in [-0.2, 0) is 19.1 Å². The minimum absolute atomic E-state index is 0.00212. The summed E-state index contributed by atoms with van der Waals surface area (Å²) < 4.78 is 5.46. The Kier molecular flexibility index (Phi) is 15.3. The SMILES string of the molecule is CC(C)C(=O)CCOCCNC(=S)N[C@H](C(=O)N[C@@H](CCCNC(N)=O)C(=O)C(C)(C)C)C(C)C. The molecule has 0 unspecified atom stereocenters. The third-order valence-corrected chi connectivity index (χ3v) is 5.51. The predicted molar refractivity (Wildman–Crippen MR) is 141 cm³/mol. The molecule has 0 aliphatic carbocycles. The number of carbonyl (C=O) groups is 4. The highest BCUT2D eigenvalue weighted by Crippen LogP contribution is 2.19. The molecule has 0 aromatic carbocycles. The zero-order valence-electron chi connectivity index (χ0n) is 22.3. The molecular formula is C24H45N5O5S. The van der Waals surface area contributed by atoms with Gasteiger partial charge in [-0.05, 0) is 31.0 Å². The lowest BCUT2D eigenvalue weighted by Crippen LogP contribution is -2.56. The van der Waals surface area contributed by atoms with Gasteiger partial charge in [0.1, 0.15) is 11.8 Å². The van der Waals surface area contributed by atoms with Gasteiger partial charge in [0.25, 0.3) is 0 Å². The molecule has 35 heavy (non-hydrogen) atoms. The lowest BCUT2D eigenvalue weighted by Gasteiger charge is -2.29. The number of primary amides is 1.